The number of hydrogen-bond acceptors (Lipinski definition) is 6. The Kier molecular flexibility index (Phi) is 38.5. The van der Waals surface area contributed by atoms with Crippen LogP contribution < -0.4 is 0 Å². The van der Waals surface area contributed by atoms with Gasteiger partial charge in [0.05, 0.1) is 19.3 Å². The maximum Gasteiger partial charge on any atom is 0.305 e. The van der Waals surface area contributed by atoms with Crippen molar-refractivity contribution in [1.82, 2.24) is 4.90 Å². The number of unbranched alkanes of at least 4 members (excludes halogenated alkanes) is 22. The second-order valence-corrected chi connectivity index (χ2v) is 14.6. The van der Waals surface area contributed by atoms with Gasteiger partial charge in [0.25, 0.3) is 0 Å². The number of hydrogen-bond donors (Lipinski definition) is 2. The predicted molar refractivity (Wildman–Crippen MR) is 206 cm³/mol. The van der Waals surface area contributed by atoms with Crippen molar-refractivity contribution < 1.29 is 24.5 Å². The molecule has 0 fully saturated rings. The molecular formula is C42H85NO5. The number of ether oxygens (including phenoxy) is 2. The molecule has 0 heterocycles. The highest BCUT2D eigenvalue weighted by molar-refractivity contribution is 5.69. The molecule has 0 aliphatic heterocycles. The number of aliphatic hydroxyl groups is 2. The Morgan fingerprint density at radius 2 is 0.938 bits per heavy atom. The van der Waals surface area contributed by atoms with E-state index in [2.05, 4.69) is 25.7 Å². The monoisotopic (exact) mass is 684 g/mol. The first-order valence-electron chi connectivity index (χ1n) is 21.4. The van der Waals surface area contributed by atoms with Crippen molar-refractivity contribution in [2.75, 3.05) is 32.8 Å². The van der Waals surface area contributed by atoms with Gasteiger partial charge in [0, 0.05) is 13.0 Å². The molecule has 1 atom stereocenters. The standard InChI is InChI=1S/C42H85NO5/c1-4-7-10-13-16-22-30-39-47-41(45)33-26-20-17-21-28-35-43(37-38-44)36-29-23-27-34-42(46)48-40(31-24-18-14-11-8-5-2)32-25-19-15-12-9-6-3/h40,42,44,46H,4-39H2,1-3H3. The summed E-state index contributed by atoms with van der Waals surface area (Å²) in [6.07, 6.45) is 35.8. The lowest BCUT2D eigenvalue weighted by atomic mass is 10.0. The number of rotatable bonds is 40. The summed E-state index contributed by atoms with van der Waals surface area (Å²) in [4.78, 5) is 14.4. The van der Waals surface area contributed by atoms with E-state index in [0.717, 1.165) is 96.7 Å². The lowest BCUT2D eigenvalue weighted by Gasteiger charge is -2.23. The molecule has 6 heteroatoms. The Morgan fingerprint density at radius 1 is 0.521 bits per heavy atom. The zero-order chi connectivity index (χ0) is 35.2. The third-order valence-electron chi connectivity index (χ3n) is 9.82. The quantitative estimate of drug-likeness (QED) is 0.0380. The molecular weight excluding hydrogens is 598 g/mol. The van der Waals surface area contributed by atoms with Crippen molar-refractivity contribution in [1.29, 1.82) is 0 Å². The molecule has 2 N–H and O–H groups in total. The van der Waals surface area contributed by atoms with Crippen molar-refractivity contribution >= 4 is 5.97 Å². The zero-order valence-electron chi connectivity index (χ0n) is 32.7. The number of aliphatic hydroxyl groups excluding tert-OH is 2. The van der Waals surface area contributed by atoms with E-state index >= 15 is 0 Å². The Hall–Kier alpha value is -0.690. The molecule has 0 aromatic carbocycles. The highest BCUT2D eigenvalue weighted by Crippen LogP contribution is 2.19. The van der Waals surface area contributed by atoms with E-state index in [9.17, 15) is 15.0 Å². The summed E-state index contributed by atoms with van der Waals surface area (Å²) >= 11 is 0. The Labute approximate surface area is 299 Å². The number of nitrogens with zero attached hydrogens (tertiary/aromatic N) is 1. The molecule has 0 saturated heterocycles. The van der Waals surface area contributed by atoms with Crippen LogP contribution in [0.3, 0.4) is 0 Å². The highest BCUT2D eigenvalue weighted by atomic mass is 16.6. The molecule has 0 rings (SSSR count). The fraction of sp³-hybridized carbons (Fsp3) is 0.976. The fourth-order valence-corrected chi connectivity index (χ4v) is 6.64. The van der Waals surface area contributed by atoms with Crippen molar-refractivity contribution in [3.63, 3.8) is 0 Å². The van der Waals surface area contributed by atoms with Crippen molar-refractivity contribution in [2.45, 2.75) is 232 Å². The summed E-state index contributed by atoms with van der Waals surface area (Å²) in [6, 6.07) is 0. The molecule has 6 nitrogen and oxygen atoms in total. The van der Waals surface area contributed by atoms with E-state index in [1.165, 1.54) is 116 Å². The maximum absolute atomic E-state index is 12.0. The van der Waals surface area contributed by atoms with Crippen LogP contribution in [0.2, 0.25) is 0 Å². The van der Waals surface area contributed by atoms with Crippen LogP contribution in [0, 0.1) is 0 Å². The molecule has 48 heavy (non-hydrogen) atoms. The molecule has 0 amide bonds. The van der Waals surface area contributed by atoms with Gasteiger partial charge in [-0.2, -0.15) is 0 Å². The SMILES string of the molecule is CCCCCCCCCOC(=O)CCCCCCCN(CCO)CCCCCC(O)OC(CCCCCCCC)CCCCCCCC. The second-order valence-electron chi connectivity index (χ2n) is 14.6. The molecule has 288 valence electrons. The summed E-state index contributed by atoms with van der Waals surface area (Å²) < 4.78 is 11.6. The Bertz CT molecular complexity index is 617. The van der Waals surface area contributed by atoms with Gasteiger partial charge in [-0.1, -0.05) is 162 Å². The first-order valence-corrected chi connectivity index (χ1v) is 21.4. The molecule has 1 unspecified atom stereocenters. The number of carbonyl (C=O) groups is 1. The zero-order valence-corrected chi connectivity index (χ0v) is 32.7. The van der Waals surface area contributed by atoms with E-state index in [-0.39, 0.29) is 18.7 Å². The fourth-order valence-electron chi connectivity index (χ4n) is 6.64. The van der Waals surface area contributed by atoms with Crippen LogP contribution in [0.25, 0.3) is 0 Å². The normalized spacial score (nSPS) is 12.4. The van der Waals surface area contributed by atoms with Gasteiger partial charge in [-0.3, -0.25) is 4.79 Å². The highest BCUT2D eigenvalue weighted by Gasteiger charge is 2.15. The summed E-state index contributed by atoms with van der Waals surface area (Å²) in [6.45, 7) is 10.3. The van der Waals surface area contributed by atoms with Crippen LogP contribution in [0.1, 0.15) is 220 Å². The number of carbonyl (C=O) groups excluding carboxylic acids is 1. The minimum Gasteiger partial charge on any atom is -0.466 e. The summed E-state index contributed by atoms with van der Waals surface area (Å²) in [5, 5.41) is 20.2. The van der Waals surface area contributed by atoms with Crippen molar-refractivity contribution in [3.8, 4) is 0 Å². The summed E-state index contributed by atoms with van der Waals surface area (Å²) in [7, 11) is 0. The van der Waals surface area contributed by atoms with Gasteiger partial charge < -0.3 is 24.6 Å². The Morgan fingerprint density at radius 3 is 1.46 bits per heavy atom. The predicted octanol–water partition coefficient (Wildman–Crippen LogP) is 11.7. The topological polar surface area (TPSA) is 79.2 Å². The van der Waals surface area contributed by atoms with Gasteiger partial charge in [0.1, 0.15) is 0 Å². The first kappa shape index (κ1) is 47.3. The molecule has 0 aliphatic rings. The lowest BCUT2D eigenvalue weighted by molar-refractivity contribution is -0.144. The van der Waals surface area contributed by atoms with Gasteiger partial charge in [-0.25, -0.2) is 0 Å². The van der Waals surface area contributed by atoms with E-state index < -0.39 is 6.29 Å². The van der Waals surface area contributed by atoms with Crippen LogP contribution in [0.5, 0.6) is 0 Å². The first-order chi connectivity index (χ1) is 23.6. The molecule has 0 bridgehead atoms. The lowest BCUT2D eigenvalue weighted by Crippen LogP contribution is -2.29. The Balaban J connectivity index is 4.01. The van der Waals surface area contributed by atoms with Crippen LogP contribution in [0.15, 0.2) is 0 Å². The molecule has 0 aromatic rings. The number of esters is 1. The molecule has 0 saturated carbocycles. The molecule has 0 radical (unpaired) electrons. The maximum atomic E-state index is 12.0. The average molecular weight is 684 g/mol. The molecule has 0 aliphatic carbocycles. The van der Waals surface area contributed by atoms with E-state index in [1.54, 1.807) is 0 Å². The van der Waals surface area contributed by atoms with E-state index in [0.29, 0.717) is 13.0 Å². The third kappa shape index (κ3) is 35.1. The van der Waals surface area contributed by atoms with Gasteiger partial charge in [0.15, 0.2) is 6.29 Å². The van der Waals surface area contributed by atoms with Crippen LogP contribution >= 0.6 is 0 Å². The van der Waals surface area contributed by atoms with Crippen molar-refractivity contribution in [3.05, 3.63) is 0 Å². The van der Waals surface area contributed by atoms with Gasteiger partial charge >= 0.3 is 5.97 Å². The van der Waals surface area contributed by atoms with Crippen molar-refractivity contribution in [2.24, 2.45) is 0 Å². The van der Waals surface area contributed by atoms with E-state index in [1.807, 2.05) is 0 Å². The van der Waals surface area contributed by atoms with Crippen LogP contribution in [0.4, 0.5) is 0 Å². The third-order valence-corrected chi connectivity index (χ3v) is 9.82. The molecule has 0 aromatic heterocycles. The average Bonchev–Trinajstić information content (AvgIpc) is 3.08. The van der Waals surface area contributed by atoms with Crippen LogP contribution in [-0.2, 0) is 14.3 Å². The van der Waals surface area contributed by atoms with Gasteiger partial charge in [-0.15, -0.1) is 0 Å². The summed E-state index contributed by atoms with van der Waals surface area (Å²) in [5.41, 5.74) is 0. The smallest absolute Gasteiger partial charge is 0.305 e. The largest absolute Gasteiger partial charge is 0.466 e. The second kappa shape index (κ2) is 39.1. The summed E-state index contributed by atoms with van der Waals surface area (Å²) in [5.74, 6) is -0.0321. The minimum absolute atomic E-state index is 0.0321. The van der Waals surface area contributed by atoms with Gasteiger partial charge in [0.2, 0.25) is 0 Å². The van der Waals surface area contributed by atoms with E-state index in [4.69, 9.17) is 9.47 Å². The van der Waals surface area contributed by atoms with Gasteiger partial charge in [-0.05, 0) is 64.5 Å². The van der Waals surface area contributed by atoms with Crippen LogP contribution in [-0.4, -0.2) is 66.3 Å². The molecule has 0 spiro atoms. The minimum atomic E-state index is -0.643.